The average Bonchev–Trinajstić information content (AvgIpc) is 3.10. The van der Waals surface area contributed by atoms with Crippen LogP contribution in [0.3, 0.4) is 0 Å². The highest BCUT2D eigenvalue weighted by Crippen LogP contribution is 2.26. The van der Waals surface area contributed by atoms with E-state index in [0.717, 1.165) is 33.9 Å². The first-order chi connectivity index (χ1) is 12.0. The van der Waals surface area contributed by atoms with Gasteiger partial charge >= 0.3 is 0 Å². The fourth-order valence-corrected chi connectivity index (χ4v) is 3.01. The zero-order valence-corrected chi connectivity index (χ0v) is 14.8. The van der Waals surface area contributed by atoms with Crippen LogP contribution >= 0.6 is 0 Å². The van der Waals surface area contributed by atoms with Crippen molar-refractivity contribution in [1.29, 1.82) is 0 Å². The lowest BCUT2D eigenvalue weighted by molar-refractivity contribution is 0.776. The summed E-state index contributed by atoms with van der Waals surface area (Å²) in [5, 5.41) is 8.93. The Labute approximate surface area is 146 Å². The van der Waals surface area contributed by atoms with E-state index in [-0.39, 0.29) is 0 Å². The second-order valence-electron chi connectivity index (χ2n) is 6.37. The van der Waals surface area contributed by atoms with Crippen LogP contribution in [0, 0.1) is 20.8 Å². The predicted molar refractivity (Wildman–Crippen MR) is 99.6 cm³/mol. The minimum Gasteiger partial charge on any atom is -0.339 e. The molecule has 4 aromatic rings. The maximum Gasteiger partial charge on any atom is 0.254 e. The standard InChI is InChI=1S/C19H20N6/c1-12-6-5-7-15(10-12)20-17-16-8-9-24(4)18(16)22-19(21-17)25-14(3)11-13(2)23-25/h5-11H,1-4H3,(H,20,21,22). The number of nitrogens with one attached hydrogen (secondary N) is 1. The maximum atomic E-state index is 4.75. The van der Waals surface area contributed by atoms with Gasteiger partial charge in [-0.15, -0.1) is 0 Å². The Hall–Kier alpha value is -3.15. The summed E-state index contributed by atoms with van der Waals surface area (Å²) >= 11 is 0. The Morgan fingerprint density at radius 1 is 1.00 bits per heavy atom. The minimum absolute atomic E-state index is 0.565. The lowest BCUT2D eigenvalue weighted by Crippen LogP contribution is -2.08. The number of aromatic nitrogens is 5. The van der Waals surface area contributed by atoms with E-state index in [1.54, 1.807) is 4.68 Å². The molecule has 1 aromatic carbocycles. The molecule has 1 N–H and O–H groups in total. The Morgan fingerprint density at radius 3 is 2.56 bits per heavy atom. The molecule has 0 unspecified atom stereocenters. The highest BCUT2D eigenvalue weighted by molar-refractivity contribution is 5.90. The third kappa shape index (κ3) is 2.76. The van der Waals surface area contributed by atoms with Crippen molar-refractivity contribution >= 4 is 22.5 Å². The topological polar surface area (TPSA) is 60.6 Å². The van der Waals surface area contributed by atoms with Crippen LogP contribution in [0.5, 0.6) is 0 Å². The number of anilines is 2. The number of aryl methyl sites for hydroxylation is 4. The van der Waals surface area contributed by atoms with Crippen molar-refractivity contribution in [3.05, 3.63) is 59.5 Å². The molecule has 0 spiro atoms. The van der Waals surface area contributed by atoms with Gasteiger partial charge in [0.05, 0.1) is 11.1 Å². The molecule has 0 radical (unpaired) electrons. The van der Waals surface area contributed by atoms with Gasteiger partial charge in [0.15, 0.2) is 0 Å². The van der Waals surface area contributed by atoms with Gasteiger partial charge in [-0.1, -0.05) is 12.1 Å². The molecule has 0 fully saturated rings. The van der Waals surface area contributed by atoms with Gasteiger partial charge in [0.25, 0.3) is 5.95 Å². The zero-order valence-electron chi connectivity index (χ0n) is 14.8. The molecule has 0 bridgehead atoms. The van der Waals surface area contributed by atoms with Gasteiger partial charge in [-0.25, -0.2) is 4.68 Å². The summed E-state index contributed by atoms with van der Waals surface area (Å²) in [6.45, 7) is 6.05. The van der Waals surface area contributed by atoms with E-state index in [1.807, 2.05) is 55.9 Å². The van der Waals surface area contributed by atoms with Gasteiger partial charge in [0, 0.05) is 24.6 Å². The average molecular weight is 332 g/mol. The van der Waals surface area contributed by atoms with E-state index in [2.05, 4.69) is 29.5 Å². The molecule has 0 atom stereocenters. The molecular formula is C19H20N6. The molecule has 0 aliphatic carbocycles. The van der Waals surface area contributed by atoms with Gasteiger partial charge < -0.3 is 9.88 Å². The van der Waals surface area contributed by atoms with Crippen molar-refractivity contribution in [2.45, 2.75) is 20.8 Å². The number of nitrogens with zero attached hydrogens (tertiary/aromatic N) is 5. The van der Waals surface area contributed by atoms with E-state index in [1.165, 1.54) is 5.56 Å². The second kappa shape index (κ2) is 5.73. The number of hydrogen-bond acceptors (Lipinski definition) is 4. The summed E-state index contributed by atoms with van der Waals surface area (Å²) in [7, 11) is 1.98. The summed E-state index contributed by atoms with van der Waals surface area (Å²) in [6, 6.07) is 12.3. The molecule has 6 heteroatoms. The largest absolute Gasteiger partial charge is 0.339 e. The molecule has 0 amide bonds. The van der Waals surface area contributed by atoms with Crippen molar-refractivity contribution in [2.24, 2.45) is 7.05 Å². The van der Waals surface area contributed by atoms with E-state index in [9.17, 15) is 0 Å². The second-order valence-corrected chi connectivity index (χ2v) is 6.37. The monoisotopic (exact) mass is 332 g/mol. The number of benzene rings is 1. The highest BCUT2D eigenvalue weighted by Gasteiger charge is 2.14. The summed E-state index contributed by atoms with van der Waals surface area (Å²) in [5.41, 5.74) is 5.02. The minimum atomic E-state index is 0.565. The fraction of sp³-hybridized carbons (Fsp3) is 0.211. The van der Waals surface area contributed by atoms with Crippen LogP contribution in [0.25, 0.3) is 17.0 Å². The van der Waals surface area contributed by atoms with Gasteiger partial charge in [-0.3, -0.25) is 0 Å². The number of hydrogen-bond donors (Lipinski definition) is 1. The number of fused-ring (bicyclic) bond motifs is 1. The quantitative estimate of drug-likeness (QED) is 0.619. The summed E-state index contributed by atoms with van der Waals surface area (Å²) in [4.78, 5) is 9.46. The fourth-order valence-electron chi connectivity index (χ4n) is 3.01. The van der Waals surface area contributed by atoms with Crippen molar-refractivity contribution in [3.63, 3.8) is 0 Å². The van der Waals surface area contributed by atoms with Crippen molar-refractivity contribution in [3.8, 4) is 5.95 Å². The lowest BCUT2D eigenvalue weighted by atomic mass is 10.2. The maximum absolute atomic E-state index is 4.75. The summed E-state index contributed by atoms with van der Waals surface area (Å²) < 4.78 is 3.77. The van der Waals surface area contributed by atoms with Crippen LogP contribution in [-0.4, -0.2) is 24.3 Å². The van der Waals surface area contributed by atoms with E-state index >= 15 is 0 Å². The van der Waals surface area contributed by atoms with E-state index in [4.69, 9.17) is 9.97 Å². The van der Waals surface area contributed by atoms with E-state index in [0.29, 0.717) is 5.95 Å². The Bertz CT molecular complexity index is 1070. The normalized spacial score (nSPS) is 11.2. The molecule has 0 saturated heterocycles. The van der Waals surface area contributed by atoms with Crippen LogP contribution in [-0.2, 0) is 7.05 Å². The van der Waals surface area contributed by atoms with Crippen molar-refractivity contribution in [2.75, 3.05) is 5.32 Å². The van der Waals surface area contributed by atoms with Crippen LogP contribution in [0.4, 0.5) is 11.5 Å². The van der Waals surface area contributed by atoms with Gasteiger partial charge in [0.2, 0.25) is 0 Å². The molecule has 4 rings (SSSR count). The van der Waals surface area contributed by atoms with Crippen LogP contribution in [0.1, 0.15) is 17.0 Å². The smallest absolute Gasteiger partial charge is 0.254 e. The molecule has 0 saturated carbocycles. The first kappa shape index (κ1) is 15.4. The Kier molecular flexibility index (Phi) is 3.53. The predicted octanol–water partition coefficient (Wildman–Crippen LogP) is 3.82. The molecule has 126 valence electrons. The summed E-state index contributed by atoms with van der Waals surface area (Å²) in [6.07, 6.45) is 1.99. The van der Waals surface area contributed by atoms with Gasteiger partial charge in [-0.2, -0.15) is 15.1 Å². The van der Waals surface area contributed by atoms with Gasteiger partial charge in [0.1, 0.15) is 11.5 Å². The first-order valence-electron chi connectivity index (χ1n) is 8.21. The first-order valence-corrected chi connectivity index (χ1v) is 8.21. The van der Waals surface area contributed by atoms with Crippen LogP contribution in [0.2, 0.25) is 0 Å². The third-order valence-electron chi connectivity index (χ3n) is 4.19. The summed E-state index contributed by atoms with van der Waals surface area (Å²) in [5.74, 6) is 1.34. The molecule has 3 heterocycles. The molecule has 0 aliphatic rings. The highest BCUT2D eigenvalue weighted by atomic mass is 15.4. The Morgan fingerprint density at radius 2 is 1.84 bits per heavy atom. The Balaban J connectivity index is 1.89. The molecule has 25 heavy (non-hydrogen) atoms. The lowest BCUT2D eigenvalue weighted by Gasteiger charge is -2.11. The van der Waals surface area contributed by atoms with E-state index < -0.39 is 0 Å². The van der Waals surface area contributed by atoms with Crippen LogP contribution < -0.4 is 5.32 Å². The molecule has 0 aliphatic heterocycles. The number of rotatable bonds is 3. The van der Waals surface area contributed by atoms with Crippen molar-refractivity contribution in [1.82, 2.24) is 24.3 Å². The van der Waals surface area contributed by atoms with Crippen LogP contribution in [0.15, 0.2) is 42.6 Å². The molecular weight excluding hydrogens is 312 g/mol. The molecule has 6 nitrogen and oxygen atoms in total. The third-order valence-corrected chi connectivity index (χ3v) is 4.19. The molecule has 3 aromatic heterocycles. The van der Waals surface area contributed by atoms with Gasteiger partial charge in [-0.05, 0) is 50.6 Å². The van der Waals surface area contributed by atoms with Crippen molar-refractivity contribution < 1.29 is 0 Å². The SMILES string of the molecule is Cc1cccc(Nc2nc(-n3nc(C)cc3C)nc3c2ccn3C)c1. The zero-order chi connectivity index (χ0) is 17.6.